The van der Waals surface area contributed by atoms with Gasteiger partial charge in [0.2, 0.25) is 5.91 Å². The second-order valence-corrected chi connectivity index (χ2v) is 9.05. The van der Waals surface area contributed by atoms with Crippen LogP contribution in [-0.2, 0) is 11.3 Å². The van der Waals surface area contributed by atoms with E-state index in [1.165, 1.54) is 11.1 Å². The summed E-state index contributed by atoms with van der Waals surface area (Å²) in [5, 5.41) is 0. The first-order valence-corrected chi connectivity index (χ1v) is 11.5. The zero-order valence-corrected chi connectivity index (χ0v) is 18.0. The van der Waals surface area contributed by atoms with Crippen molar-refractivity contribution in [3.63, 3.8) is 0 Å². The Morgan fingerprint density at radius 2 is 1.62 bits per heavy atom. The highest BCUT2D eigenvalue weighted by Gasteiger charge is 2.36. The lowest BCUT2D eigenvalue weighted by Gasteiger charge is -2.17. The van der Waals surface area contributed by atoms with Gasteiger partial charge in [-0.05, 0) is 48.4 Å². The molecule has 2 aromatic heterocycles. The van der Waals surface area contributed by atoms with Gasteiger partial charge in [-0.3, -0.25) is 4.79 Å². The van der Waals surface area contributed by atoms with Gasteiger partial charge in [0.05, 0.1) is 5.52 Å². The van der Waals surface area contributed by atoms with Gasteiger partial charge in [0, 0.05) is 37.3 Å². The number of pyridine rings is 1. The Morgan fingerprint density at radius 1 is 0.875 bits per heavy atom. The quantitative estimate of drug-likeness (QED) is 0.454. The van der Waals surface area contributed by atoms with E-state index in [1.807, 2.05) is 12.1 Å². The lowest BCUT2D eigenvalue weighted by Crippen LogP contribution is -2.30. The molecule has 0 unspecified atom stereocenters. The third-order valence-corrected chi connectivity index (χ3v) is 6.74. The van der Waals surface area contributed by atoms with Crippen LogP contribution in [0.2, 0.25) is 0 Å². The van der Waals surface area contributed by atoms with E-state index in [1.54, 1.807) is 6.20 Å². The lowest BCUT2D eigenvalue weighted by molar-refractivity contribution is -0.131. The second kappa shape index (κ2) is 7.90. The largest absolute Gasteiger partial charge is 0.342 e. The number of hydrogen-bond acceptors (Lipinski definition) is 3. The molecule has 5 nitrogen and oxygen atoms in total. The number of fused-ring (bicyclic) bond motifs is 1. The van der Waals surface area contributed by atoms with Gasteiger partial charge in [0.15, 0.2) is 5.65 Å². The van der Waals surface area contributed by atoms with Crippen molar-refractivity contribution < 1.29 is 4.79 Å². The average Bonchev–Trinajstić information content (AvgIpc) is 3.49. The number of carbonyl (C=O) groups excluding carboxylic acids is 1. The minimum absolute atomic E-state index is 0.297. The standard InChI is InChI=1S/C27H26N4O/c32-27(23-12-13-23)30-16-14-19(17-30)18-31-24-7-4-15-28-25(24)29-26(31)22-10-8-21(9-11-22)20-5-2-1-3-6-20/h1-11,15,19,23H,12-14,16-18H2/t19-/m1/s1. The Morgan fingerprint density at radius 3 is 2.41 bits per heavy atom. The number of imidazole rings is 1. The van der Waals surface area contributed by atoms with E-state index in [-0.39, 0.29) is 0 Å². The van der Waals surface area contributed by atoms with E-state index >= 15 is 0 Å². The minimum atomic E-state index is 0.297. The SMILES string of the molecule is O=C(C1CC1)N1CC[C@@H](Cn2c(-c3ccc(-c4ccccc4)cc3)nc3ncccc32)C1. The Labute approximate surface area is 187 Å². The molecule has 1 saturated carbocycles. The molecule has 1 atom stereocenters. The maximum Gasteiger partial charge on any atom is 0.225 e. The van der Waals surface area contributed by atoms with Crippen LogP contribution in [0.4, 0.5) is 0 Å². The summed E-state index contributed by atoms with van der Waals surface area (Å²) < 4.78 is 2.30. The summed E-state index contributed by atoms with van der Waals surface area (Å²) in [6.07, 6.45) is 4.99. The first kappa shape index (κ1) is 19.2. The molecule has 1 saturated heterocycles. The molecule has 0 bridgehead atoms. The van der Waals surface area contributed by atoms with Gasteiger partial charge in [-0.2, -0.15) is 0 Å². The van der Waals surface area contributed by atoms with Gasteiger partial charge >= 0.3 is 0 Å². The summed E-state index contributed by atoms with van der Waals surface area (Å²) in [6, 6.07) is 23.1. The van der Waals surface area contributed by atoms with Crippen molar-refractivity contribution in [2.24, 2.45) is 11.8 Å². The van der Waals surface area contributed by atoms with Crippen molar-refractivity contribution in [3.05, 3.63) is 72.9 Å². The molecule has 1 amide bonds. The first-order valence-electron chi connectivity index (χ1n) is 11.5. The zero-order chi connectivity index (χ0) is 21.5. The summed E-state index contributed by atoms with van der Waals surface area (Å²) in [6.45, 7) is 2.58. The Bertz CT molecular complexity index is 1260. The highest BCUT2D eigenvalue weighted by Crippen LogP contribution is 2.34. The number of likely N-dealkylation sites (tertiary alicyclic amines) is 1. The number of amides is 1. The summed E-state index contributed by atoms with van der Waals surface area (Å²) in [4.78, 5) is 24.0. The number of rotatable bonds is 5. The molecular formula is C27H26N4O. The van der Waals surface area contributed by atoms with Crippen LogP contribution in [0.15, 0.2) is 72.9 Å². The van der Waals surface area contributed by atoms with Gasteiger partial charge < -0.3 is 9.47 Å². The maximum absolute atomic E-state index is 12.5. The molecular weight excluding hydrogens is 396 g/mol. The van der Waals surface area contributed by atoms with Crippen LogP contribution in [-0.4, -0.2) is 38.4 Å². The predicted octanol–water partition coefficient (Wildman–Crippen LogP) is 5.02. The molecule has 32 heavy (non-hydrogen) atoms. The van der Waals surface area contributed by atoms with Crippen molar-refractivity contribution in [1.29, 1.82) is 0 Å². The molecule has 3 heterocycles. The molecule has 0 spiro atoms. The predicted molar refractivity (Wildman–Crippen MR) is 126 cm³/mol. The first-order chi connectivity index (χ1) is 15.8. The molecule has 1 aliphatic heterocycles. The van der Waals surface area contributed by atoms with Crippen molar-refractivity contribution in [2.75, 3.05) is 13.1 Å². The number of nitrogens with zero attached hydrogens (tertiary/aromatic N) is 4. The van der Waals surface area contributed by atoms with Crippen molar-refractivity contribution in [1.82, 2.24) is 19.4 Å². The highest BCUT2D eigenvalue weighted by molar-refractivity contribution is 5.81. The van der Waals surface area contributed by atoms with Crippen molar-refractivity contribution in [3.8, 4) is 22.5 Å². The van der Waals surface area contributed by atoms with Gasteiger partial charge in [-0.1, -0.05) is 54.6 Å². The third kappa shape index (κ3) is 3.58. The Kier molecular flexibility index (Phi) is 4.75. The summed E-state index contributed by atoms with van der Waals surface area (Å²) in [5.41, 5.74) is 5.33. The van der Waals surface area contributed by atoms with E-state index in [0.29, 0.717) is 17.7 Å². The molecule has 5 heteroatoms. The van der Waals surface area contributed by atoms with Gasteiger partial charge in [-0.25, -0.2) is 9.97 Å². The van der Waals surface area contributed by atoms with Gasteiger partial charge in [0.25, 0.3) is 0 Å². The van der Waals surface area contributed by atoms with Gasteiger partial charge in [0.1, 0.15) is 5.82 Å². The average molecular weight is 423 g/mol. The van der Waals surface area contributed by atoms with Crippen LogP contribution in [0.1, 0.15) is 19.3 Å². The molecule has 6 rings (SSSR count). The third-order valence-electron chi connectivity index (χ3n) is 6.74. The van der Waals surface area contributed by atoms with E-state index < -0.39 is 0 Å². The van der Waals surface area contributed by atoms with Crippen LogP contribution in [0, 0.1) is 11.8 Å². The lowest BCUT2D eigenvalue weighted by atomic mass is 10.0. The molecule has 0 radical (unpaired) electrons. The van der Waals surface area contributed by atoms with Crippen LogP contribution < -0.4 is 0 Å². The normalized spacial score (nSPS) is 18.4. The molecule has 4 aromatic rings. The van der Waals surface area contributed by atoms with Gasteiger partial charge in [-0.15, -0.1) is 0 Å². The number of aromatic nitrogens is 3. The fraction of sp³-hybridized carbons (Fsp3) is 0.296. The molecule has 2 aromatic carbocycles. The maximum atomic E-state index is 12.5. The van der Waals surface area contributed by atoms with E-state index in [9.17, 15) is 4.79 Å². The van der Waals surface area contributed by atoms with Crippen LogP contribution >= 0.6 is 0 Å². The van der Waals surface area contributed by atoms with Crippen LogP contribution in [0.3, 0.4) is 0 Å². The highest BCUT2D eigenvalue weighted by atomic mass is 16.2. The monoisotopic (exact) mass is 422 g/mol. The summed E-state index contributed by atoms with van der Waals surface area (Å²) in [7, 11) is 0. The number of hydrogen-bond donors (Lipinski definition) is 0. The molecule has 1 aliphatic carbocycles. The van der Waals surface area contributed by atoms with E-state index in [2.05, 4.69) is 69.0 Å². The smallest absolute Gasteiger partial charge is 0.225 e. The second-order valence-electron chi connectivity index (χ2n) is 9.05. The molecule has 2 fully saturated rings. The van der Waals surface area contributed by atoms with Crippen molar-refractivity contribution >= 4 is 17.1 Å². The van der Waals surface area contributed by atoms with E-state index in [0.717, 1.165) is 61.4 Å². The molecule has 160 valence electrons. The Balaban J connectivity index is 1.30. The fourth-order valence-electron chi connectivity index (χ4n) is 4.84. The minimum Gasteiger partial charge on any atom is -0.342 e. The molecule has 0 N–H and O–H groups in total. The topological polar surface area (TPSA) is 51.0 Å². The fourth-order valence-corrected chi connectivity index (χ4v) is 4.84. The van der Waals surface area contributed by atoms with E-state index in [4.69, 9.17) is 4.98 Å². The number of carbonyl (C=O) groups is 1. The van der Waals surface area contributed by atoms with Crippen molar-refractivity contribution in [2.45, 2.75) is 25.8 Å². The number of benzene rings is 2. The summed E-state index contributed by atoms with van der Waals surface area (Å²) >= 11 is 0. The zero-order valence-electron chi connectivity index (χ0n) is 18.0. The van der Waals surface area contributed by atoms with Crippen LogP contribution in [0.25, 0.3) is 33.7 Å². The Hall–Kier alpha value is -3.47. The summed E-state index contributed by atoms with van der Waals surface area (Å²) in [5.74, 6) is 2.05. The van der Waals surface area contributed by atoms with Crippen LogP contribution in [0.5, 0.6) is 0 Å². The molecule has 2 aliphatic rings.